The Labute approximate surface area is 113 Å². The van der Waals surface area contributed by atoms with Gasteiger partial charge in [0.05, 0.1) is 6.61 Å². The molecule has 0 aliphatic carbocycles. The maximum Gasteiger partial charge on any atom is 0.126 e. The van der Waals surface area contributed by atoms with Crippen LogP contribution in [0.15, 0.2) is 40.8 Å². The topological polar surface area (TPSA) is 60.4 Å². The Bertz CT molecular complexity index is 522. The minimum absolute atomic E-state index is 0.166. The van der Waals surface area contributed by atoms with Crippen molar-refractivity contribution in [3.8, 4) is 5.75 Å². The van der Waals surface area contributed by atoms with Gasteiger partial charge in [0.25, 0.3) is 0 Å². The van der Waals surface area contributed by atoms with Crippen LogP contribution in [-0.2, 0) is 6.42 Å². The highest BCUT2D eigenvalue weighted by Gasteiger charge is 2.16. The van der Waals surface area contributed by atoms with E-state index in [2.05, 4.69) is 12.3 Å². The molecule has 4 nitrogen and oxygen atoms in total. The third kappa shape index (κ3) is 3.16. The molecule has 3 N–H and O–H groups in total. The first-order valence-corrected chi connectivity index (χ1v) is 6.56. The molecule has 1 aromatic carbocycles. The van der Waals surface area contributed by atoms with E-state index in [1.165, 1.54) is 0 Å². The summed E-state index contributed by atoms with van der Waals surface area (Å²) in [5.74, 6) is 8.26. The first-order valence-electron chi connectivity index (χ1n) is 6.56. The van der Waals surface area contributed by atoms with Crippen molar-refractivity contribution in [3.63, 3.8) is 0 Å². The fourth-order valence-electron chi connectivity index (χ4n) is 2.03. The van der Waals surface area contributed by atoms with Gasteiger partial charge in [-0.3, -0.25) is 5.84 Å². The number of furan rings is 1. The summed E-state index contributed by atoms with van der Waals surface area (Å²) in [6.45, 7) is 4.67. The van der Waals surface area contributed by atoms with Crippen LogP contribution in [0, 0.1) is 0 Å². The van der Waals surface area contributed by atoms with Crippen LogP contribution in [0.3, 0.4) is 0 Å². The van der Waals surface area contributed by atoms with Crippen molar-refractivity contribution in [2.75, 3.05) is 6.61 Å². The van der Waals surface area contributed by atoms with Gasteiger partial charge < -0.3 is 9.15 Å². The molecule has 0 saturated carbocycles. The molecule has 19 heavy (non-hydrogen) atoms. The highest BCUT2D eigenvalue weighted by atomic mass is 16.5. The predicted octanol–water partition coefficient (Wildman–Crippen LogP) is 2.79. The zero-order valence-corrected chi connectivity index (χ0v) is 11.3. The molecule has 1 heterocycles. The van der Waals surface area contributed by atoms with Crippen LogP contribution in [-0.4, -0.2) is 6.61 Å². The number of nitrogens with one attached hydrogen (secondary N) is 1. The van der Waals surface area contributed by atoms with Crippen LogP contribution in [0.4, 0.5) is 0 Å². The van der Waals surface area contributed by atoms with E-state index in [9.17, 15) is 0 Å². The van der Waals surface area contributed by atoms with E-state index in [0.717, 1.165) is 29.3 Å². The van der Waals surface area contributed by atoms with Crippen molar-refractivity contribution in [1.29, 1.82) is 0 Å². The molecule has 1 atom stereocenters. The third-order valence-corrected chi connectivity index (χ3v) is 2.98. The summed E-state index contributed by atoms with van der Waals surface area (Å²) in [6, 6.07) is 11.6. The van der Waals surface area contributed by atoms with E-state index in [-0.39, 0.29) is 6.04 Å². The molecule has 0 aliphatic heterocycles. The van der Waals surface area contributed by atoms with E-state index in [4.69, 9.17) is 15.0 Å². The zero-order valence-electron chi connectivity index (χ0n) is 11.3. The molecule has 0 bridgehead atoms. The van der Waals surface area contributed by atoms with Crippen LogP contribution < -0.4 is 16.0 Å². The Kier molecular flexibility index (Phi) is 4.60. The summed E-state index contributed by atoms with van der Waals surface area (Å²) < 4.78 is 11.3. The molecule has 0 saturated heterocycles. The maximum absolute atomic E-state index is 5.76. The van der Waals surface area contributed by atoms with E-state index >= 15 is 0 Å². The lowest BCUT2D eigenvalue weighted by Gasteiger charge is -2.15. The van der Waals surface area contributed by atoms with Gasteiger partial charge in [0, 0.05) is 6.42 Å². The van der Waals surface area contributed by atoms with Gasteiger partial charge in [0.15, 0.2) is 0 Å². The molecule has 0 amide bonds. The number of aryl methyl sites for hydroxylation is 1. The van der Waals surface area contributed by atoms with Crippen molar-refractivity contribution < 1.29 is 9.15 Å². The van der Waals surface area contributed by atoms with Gasteiger partial charge in [0.2, 0.25) is 0 Å². The molecule has 1 aromatic heterocycles. The van der Waals surface area contributed by atoms with E-state index in [0.29, 0.717) is 6.61 Å². The lowest BCUT2D eigenvalue weighted by Crippen LogP contribution is -2.28. The number of benzene rings is 1. The molecule has 102 valence electrons. The monoisotopic (exact) mass is 260 g/mol. The average molecular weight is 260 g/mol. The second-order valence-corrected chi connectivity index (χ2v) is 4.26. The fourth-order valence-corrected chi connectivity index (χ4v) is 2.03. The lowest BCUT2D eigenvalue weighted by atomic mass is 10.1. The van der Waals surface area contributed by atoms with E-state index in [1.807, 2.05) is 43.3 Å². The number of hydrazine groups is 1. The highest BCUT2D eigenvalue weighted by Crippen LogP contribution is 2.26. The van der Waals surface area contributed by atoms with Crippen molar-refractivity contribution in [1.82, 2.24) is 5.43 Å². The summed E-state index contributed by atoms with van der Waals surface area (Å²) in [5, 5.41) is 0. The SMILES string of the molecule is CCOc1cccc(C(NN)c2ccc(CC)o2)c1. The van der Waals surface area contributed by atoms with Gasteiger partial charge >= 0.3 is 0 Å². The van der Waals surface area contributed by atoms with Crippen molar-refractivity contribution in [2.45, 2.75) is 26.3 Å². The average Bonchev–Trinajstić information content (AvgIpc) is 2.89. The minimum atomic E-state index is -0.166. The standard InChI is InChI=1S/C15H20N2O2/c1-3-12-8-9-14(19-12)15(17-16)11-6-5-7-13(10-11)18-4-2/h5-10,15,17H,3-4,16H2,1-2H3. The molecule has 1 unspecified atom stereocenters. The van der Waals surface area contributed by atoms with E-state index < -0.39 is 0 Å². The van der Waals surface area contributed by atoms with Crippen molar-refractivity contribution in [2.24, 2.45) is 5.84 Å². The summed E-state index contributed by atoms with van der Waals surface area (Å²) in [5.41, 5.74) is 3.81. The zero-order chi connectivity index (χ0) is 13.7. The lowest BCUT2D eigenvalue weighted by molar-refractivity contribution is 0.339. The van der Waals surface area contributed by atoms with Gasteiger partial charge in [-0.2, -0.15) is 0 Å². The molecule has 4 heteroatoms. The van der Waals surface area contributed by atoms with Gasteiger partial charge in [-0.25, -0.2) is 5.43 Å². The number of hydrogen-bond acceptors (Lipinski definition) is 4. The van der Waals surface area contributed by atoms with Gasteiger partial charge in [-0.15, -0.1) is 0 Å². The summed E-state index contributed by atoms with van der Waals surface area (Å²) in [4.78, 5) is 0. The van der Waals surface area contributed by atoms with Crippen molar-refractivity contribution in [3.05, 3.63) is 53.5 Å². The quantitative estimate of drug-likeness (QED) is 0.619. The molecular weight excluding hydrogens is 240 g/mol. The van der Waals surface area contributed by atoms with Gasteiger partial charge in [-0.05, 0) is 36.8 Å². The summed E-state index contributed by atoms with van der Waals surface area (Å²) in [6.07, 6.45) is 0.871. The second-order valence-electron chi connectivity index (χ2n) is 4.26. The Balaban J connectivity index is 2.28. The Morgan fingerprint density at radius 2 is 2.11 bits per heavy atom. The molecular formula is C15H20N2O2. The summed E-state index contributed by atoms with van der Waals surface area (Å²) >= 11 is 0. The largest absolute Gasteiger partial charge is 0.494 e. The maximum atomic E-state index is 5.76. The first kappa shape index (κ1) is 13.6. The Morgan fingerprint density at radius 1 is 1.26 bits per heavy atom. The number of rotatable bonds is 6. The number of nitrogens with two attached hydrogens (primary N) is 1. The molecule has 0 radical (unpaired) electrons. The second kappa shape index (κ2) is 6.41. The molecule has 2 rings (SSSR count). The van der Waals surface area contributed by atoms with E-state index in [1.54, 1.807) is 0 Å². The molecule has 0 aliphatic rings. The molecule has 0 spiro atoms. The van der Waals surface area contributed by atoms with Gasteiger partial charge in [0.1, 0.15) is 23.3 Å². The first-order chi connectivity index (χ1) is 9.28. The molecule has 2 aromatic rings. The smallest absolute Gasteiger partial charge is 0.126 e. The highest BCUT2D eigenvalue weighted by molar-refractivity contribution is 5.34. The minimum Gasteiger partial charge on any atom is -0.494 e. The number of hydrogen-bond donors (Lipinski definition) is 2. The summed E-state index contributed by atoms with van der Waals surface area (Å²) in [7, 11) is 0. The number of ether oxygens (including phenoxy) is 1. The normalized spacial score (nSPS) is 12.4. The van der Waals surface area contributed by atoms with Crippen LogP contribution in [0.2, 0.25) is 0 Å². The molecule has 0 fully saturated rings. The third-order valence-electron chi connectivity index (χ3n) is 2.98. The Hall–Kier alpha value is -1.78. The Morgan fingerprint density at radius 3 is 2.74 bits per heavy atom. The van der Waals surface area contributed by atoms with Crippen LogP contribution >= 0.6 is 0 Å². The van der Waals surface area contributed by atoms with Crippen LogP contribution in [0.5, 0.6) is 5.75 Å². The van der Waals surface area contributed by atoms with Crippen LogP contribution in [0.25, 0.3) is 0 Å². The van der Waals surface area contributed by atoms with Crippen LogP contribution in [0.1, 0.15) is 37.0 Å². The fraction of sp³-hybridized carbons (Fsp3) is 0.333. The van der Waals surface area contributed by atoms with Crippen molar-refractivity contribution >= 4 is 0 Å². The van der Waals surface area contributed by atoms with Gasteiger partial charge in [-0.1, -0.05) is 19.1 Å². The predicted molar refractivity (Wildman–Crippen MR) is 74.9 cm³/mol.